The standard InChI is InChI=1S/C15H18N2O2/c1-10-6-7-14(19-10)9-17-15(18)11(2)12-4-3-5-13(16)8-12/h3-8,11H,9,16H2,1-2H3,(H,17,18). The van der Waals surface area contributed by atoms with Crippen LogP contribution in [0.3, 0.4) is 0 Å². The molecule has 1 amide bonds. The topological polar surface area (TPSA) is 68.3 Å². The maximum atomic E-state index is 12.0. The number of hydrogen-bond donors (Lipinski definition) is 2. The van der Waals surface area contributed by atoms with Gasteiger partial charge in [-0.25, -0.2) is 0 Å². The molecule has 2 aromatic rings. The van der Waals surface area contributed by atoms with Gasteiger partial charge in [0.2, 0.25) is 5.91 Å². The number of aryl methyl sites for hydroxylation is 1. The summed E-state index contributed by atoms with van der Waals surface area (Å²) in [6.07, 6.45) is 0. The Kier molecular flexibility index (Phi) is 3.90. The molecule has 0 saturated heterocycles. The highest BCUT2D eigenvalue weighted by Gasteiger charge is 2.15. The number of carbonyl (C=O) groups excluding carboxylic acids is 1. The third kappa shape index (κ3) is 3.37. The molecule has 0 bridgehead atoms. The lowest BCUT2D eigenvalue weighted by molar-refractivity contribution is -0.122. The van der Waals surface area contributed by atoms with Crippen LogP contribution >= 0.6 is 0 Å². The quantitative estimate of drug-likeness (QED) is 0.828. The molecule has 1 aromatic carbocycles. The largest absolute Gasteiger partial charge is 0.465 e. The number of nitrogen functional groups attached to an aromatic ring is 1. The van der Waals surface area contributed by atoms with Crippen LogP contribution in [-0.2, 0) is 11.3 Å². The first kappa shape index (κ1) is 13.2. The van der Waals surface area contributed by atoms with Gasteiger partial charge >= 0.3 is 0 Å². The van der Waals surface area contributed by atoms with E-state index in [-0.39, 0.29) is 11.8 Å². The first-order valence-corrected chi connectivity index (χ1v) is 6.24. The van der Waals surface area contributed by atoms with Crippen LogP contribution in [-0.4, -0.2) is 5.91 Å². The van der Waals surface area contributed by atoms with Crippen LogP contribution in [0.2, 0.25) is 0 Å². The van der Waals surface area contributed by atoms with E-state index in [0.29, 0.717) is 12.2 Å². The molecule has 19 heavy (non-hydrogen) atoms. The van der Waals surface area contributed by atoms with Crippen LogP contribution in [0.4, 0.5) is 5.69 Å². The minimum Gasteiger partial charge on any atom is -0.465 e. The Hall–Kier alpha value is -2.23. The average Bonchev–Trinajstić information content (AvgIpc) is 2.81. The zero-order valence-electron chi connectivity index (χ0n) is 11.1. The first-order chi connectivity index (χ1) is 9.06. The van der Waals surface area contributed by atoms with Crippen molar-refractivity contribution in [3.8, 4) is 0 Å². The van der Waals surface area contributed by atoms with E-state index in [1.807, 2.05) is 44.2 Å². The fraction of sp³-hybridized carbons (Fsp3) is 0.267. The van der Waals surface area contributed by atoms with E-state index in [1.165, 1.54) is 0 Å². The highest BCUT2D eigenvalue weighted by atomic mass is 16.3. The summed E-state index contributed by atoms with van der Waals surface area (Å²) in [5.41, 5.74) is 7.29. The predicted octanol–water partition coefficient (Wildman–Crippen LogP) is 2.59. The SMILES string of the molecule is Cc1ccc(CNC(=O)C(C)c2cccc(N)c2)o1. The van der Waals surface area contributed by atoms with Crippen LogP contribution in [0.5, 0.6) is 0 Å². The fourth-order valence-electron chi connectivity index (χ4n) is 1.89. The second-order valence-electron chi connectivity index (χ2n) is 4.62. The van der Waals surface area contributed by atoms with Gasteiger partial charge in [0.05, 0.1) is 12.5 Å². The summed E-state index contributed by atoms with van der Waals surface area (Å²) >= 11 is 0. The van der Waals surface area contributed by atoms with Gasteiger partial charge in [-0.1, -0.05) is 12.1 Å². The summed E-state index contributed by atoms with van der Waals surface area (Å²) in [7, 11) is 0. The van der Waals surface area contributed by atoms with E-state index in [9.17, 15) is 4.79 Å². The van der Waals surface area contributed by atoms with Crippen molar-refractivity contribution in [2.75, 3.05) is 5.73 Å². The van der Waals surface area contributed by atoms with E-state index < -0.39 is 0 Å². The molecule has 1 atom stereocenters. The van der Waals surface area contributed by atoms with Gasteiger partial charge in [-0.2, -0.15) is 0 Å². The molecule has 0 saturated carbocycles. The van der Waals surface area contributed by atoms with E-state index in [4.69, 9.17) is 10.2 Å². The maximum absolute atomic E-state index is 12.0. The number of anilines is 1. The molecular weight excluding hydrogens is 240 g/mol. The third-order valence-corrected chi connectivity index (χ3v) is 3.04. The van der Waals surface area contributed by atoms with Crippen molar-refractivity contribution in [1.29, 1.82) is 0 Å². The van der Waals surface area contributed by atoms with E-state index >= 15 is 0 Å². The Balaban J connectivity index is 1.96. The first-order valence-electron chi connectivity index (χ1n) is 6.24. The van der Waals surface area contributed by atoms with Crippen molar-refractivity contribution in [3.05, 3.63) is 53.5 Å². The molecule has 4 nitrogen and oxygen atoms in total. The maximum Gasteiger partial charge on any atom is 0.227 e. The molecule has 4 heteroatoms. The lowest BCUT2D eigenvalue weighted by Gasteiger charge is -2.12. The van der Waals surface area contributed by atoms with Gasteiger partial charge in [0, 0.05) is 5.69 Å². The monoisotopic (exact) mass is 258 g/mol. The summed E-state index contributed by atoms with van der Waals surface area (Å²) in [6.45, 7) is 4.14. The lowest BCUT2D eigenvalue weighted by Crippen LogP contribution is -2.27. The molecule has 0 fully saturated rings. The molecule has 1 aromatic heterocycles. The van der Waals surface area contributed by atoms with Gasteiger partial charge in [-0.05, 0) is 43.7 Å². The van der Waals surface area contributed by atoms with Crippen LogP contribution < -0.4 is 11.1 Å². The second kappa shape index (κ2) is 5.61. The third-order valence-electron chi connectivity index (χ3n) is 3.04. The average molecular weight is 258 g/mol. The number of amides is 1. The van der Waals surface area contributed by atoms with Crippen LogP contribution in [0.25, 0.3) is 0 Å². The molecule has 100 valence electrons. The number of nitrogens with one attached hydrogen (secondary N) is 1. The van der Waals surface area contributed by atoms with Gasteiger partial charge in [0.1, 0.15) is 11.5 Å². The van der Waals surface area contributed by atoms with E-state index in [0.717, 1.165) is 17.1 Å². The highest BCUT2D eigenvalue weighted by Crippen LogP contribution is 2.18. The van der Waals surface area contributed by atoms with Crippen LogP contribution in [0.1, 0.15) is 29.9 Å². The minimum absolute atomic E-state index is 0.0420. The smallest absolute Gasteiger partial charge is 0.227 e. The van der Waals surface area contributed by atoms with E-state index in [2.05, 4.69) is 5.32 Å². The van der Waals surface area contributed by atoms with Crippen molar-refractivity contribution in [2.45, 2.75) is 26.3 Å². The molecule has 0 spiro atoms. The van der Waals surface area contributed by atoms with Gasteiger partial charge in [0.15, 0.2) is 0 Å². The zero-order chi connectivity index (χ0) is 13.8. The zero-order valence-corrected chi connectivity index (χ0v) is 11.1. The van der Waals surface area contributed by atoms with Crippen molar-refractivity contribution in [1.82, 2.24) is 5.32 Å². The van der Waals surface area contributed by atoms with Crippen LogP contribution in [0, 0.1) is 6.92 Å². The van der Waals surface area contributed by atoms with Gasteiger partial charge in [0.25, 0.3) is 0 Å². The van der Waals surface area contributed by atoms with E-state index in [1.54, 1.807) is 6.07 Å². The summed E-state index contributed by atoms with van der Waals surface area (Å²) < 4.78 is 5.40. The number of hydrogen-bond acceptors (Lipinski definition) is 3. The second-order valence-corrected chi connectivity index (χ2v) is 4.62. The molecular formula is C15H18N2O2. The predicted molar refractivity (Wildman–Crippen MR) is 74.6 cm³/mol. The summed E-state index contributed by atoms with van der Waals surface area (Å²) in [5.74, 6) is 1.32. The van der Waals surface area contributed by atoms with Crippen molar-refractivity contribution in [3.63, 3.8) is 0 Å². The Morgan fingerprint density at radius 3 is 2.79 bits per heavy atom. The number of rotatable bonds is 4. The Labute approximate surface area is 112 Å². The molecule has 1 unspecified atom stereocenters. The Morgan fingerprint density at radius 2 is 2.16 bits per heavy atom. The van der Waals surface area contributed by atoms with Gasteiger partial charge in [-0.3, -0.25) is 4.79 Å². The normalized spacial score (nSPS) is 12.1. The minimum atomic E-state index is -0.237. The summed E-state index contributed by atoms with van der Waals surface area (Å²) in [4.78, 5) is 12.0. The fourth-order valence-corrected chi connectivity index (χ4v) is 1.89. The number of carbonyl (C=O) groups is 1. The highest BCUT2D eigenvalue weighted by molar-refractivity contribution is 5.83. The van der Waals surface area contributed by atoms with Gasteiger partial charge in [-0.15, -0.1) is 0 Å². The Bertz CT molecular complexity index is 575. The van der Waals surface area contributed by atoms with Crippen molar-refractivity contribution >= 4 is 11.6 Å². The summed E-state index contributed by atoms with van der Waals surface area (Å²) in [5, 5.41) is 2.86. The van der Waals surface area contributed by atoms with Gasteiger partial charge < -0.3 is 15.5 Å². The molecule has 1 heterocycles. The summed E-state index contributed by atoms with van der Waals surface area (Å²) in [6, 6.07) is 11.1. The molecule has 0 radical (unpaired) electrons. The molecule has 3 N–H and O–H groups in total. The molecule has 0 aliphatic carbocycles. The number of nitrogens with two attached hydrogens (primary N) is 1. The van der Waals surface area contributed by atoms with Crippen molar-refractivity contribution < 1.29 is 9.21 Å². The molecule has 0 aliphatic rings. The van der Waals surface area contributed by atoms with Crippen LogP contribution in [0.15, 0.2) is 40.8 Å². The van der Waals surface area contributed by atoms with Crippen molar-refractivity contribution in [2.24, 2.45) is 0 Å². The Morgan fingerprint density at radius 1 is 1.37 bits per heavy atom. The number of benzene rings is 1. The lowest BCUT2D eigenvalue weighted by atomic mass is 10.00. The molecule has 2 rings (SSSR count). The number of furan rings is 1. The molecule has 0 aliphatic heterocycles.